The third-order valence-corrected chi connectivity index (χ3v) is 6.23. The number of benzene rings is 2. The highest BCUT2D eigenvalue weighted by atomic mass is 32.2. The molecule has 0 aliphatic rings. The van der Waals surface area contributed by atoms with Gasteiger partial charge in [-0.15, -0.1) is 11.8 Å². The van der Waals surface area contributed by atoms with Crippen LogP contribution in [-0.2, 0) is 10.0 Å². The van der Waals surface area contributed by atoms with Gasteiger partial charge in [-0.2, -0.15) is 0 Å². The topological polar surface area (TPSA) is 75.3 Å². The van der Waals surface area contributed by atoms with Gasteiger partial charge in [-0.05, 0) is 68.1 Å². The second kappa shape index (κ2) is 9.16. The Morgan fingerprint density at radius 1 is 1.15 bits per heavy atom. The number of carbonyl (C=O) groups excluding carboxylic acids is 1. The first kappa shape index (κ1) is 20.4. The van der Waals surface area contributed by atoms with Crippen LogP contribution in [0.25, 0.3) is 0 Å². The Balaban J connectivity index is 1.87. The lowest BCUT2D eigenvalue weighted by molar-refractivity contribution is 0.0953. The number of carbonyl (C=O) groups is 1. The van der Waals surface area contributed by atoms with Crippen LogP contribution in [0.4, 0.5) is 4.39 Å². The van der Waals surface area contributed by atoms with E-state index in [1.165, 1.54) is 31.3 Å². The van der Waals surface area contributed by atoms with Gasteiger partial charge in [0.25, 0.3) is 5.91 Å². The Kier molecular flexibility index (Phi) is 7.19. The lowest BCUT2D eigenvalue weighted by atomic mass is 10.1. The molecule has 2 rings (SSSR count). The normalized spacial score (nSPS) is 11.3. The van der Waals surface area contributed by atoms with E-state index >= 15 is 0 Å². The summed E-state index contributed by atoms with van der Waals surface area (Å²) in [4.78, 5) is 13.4. The average Bonchev–Trinajstić information content (AvgIpc) is 2.63. The molecule has 140 valence electrons. The van der Waals surface area contributed by atoms with Crippen LogP contribution in [0.1, 0.15) is 22.3 Å². The highest BCUT2D eigenvalue weighted by Crippen LogP contribution is 2.19. The summed E-state index contributed by atoms with van der Waals surface area (Å²) in [5.41, 5.74) is 1.05. The van der Waals surface area contributed by atoms with E-state index in [-0.39, 0.29) is 16.6 Å². The van der Waals surface area contributed by atoms with Crippen molar-refractivity contribution in [2.75, 3.05) is 19.3 Å². The fraction of sp³-hybridized carbons (Fsp3) is 0.278. The van der Waals surface area contributed by atoms with Crippen molar-refractivity contribution in [2.45, 2.75) is 23.1 Å². The van der Waals surface area contributed by atoms with E-state index in [0.717, 1.165) is 17.1 Å². The Labute approximate surface area is 157 Å². The minimum absolute atomic E-state index is 0.0580. The summed E-state index contributed by atoms with van der Waals surface area (Å²) in [6.45, 7) is 2.23. The minimum Gasteiger partial charge on any atom is -0.352 e. The van der Waals surface area contributed by atoms with E-state index in [0.29, 0.717) is 17.7 Å². The summed E-state index contributed by atoms with van der Waals surface area (Å²) < 4.78 is 38.8. The van der Waals surface area contributed by atoms with Crippen molar-refractivity contribution in [3.8, 4) is 0 Å². The van der Waals surface area contributed by atoms with E-state index in [4.69, 9.17) is 0 Å². The second-order valence-corrected chi connectivity index (χ2v) is 8.65. The number of sulfonamides is 1. The number of amides is 1. The molecule has 0 aromatic heterocycles. The van der Waals surface area contributed by atoms with Gasteiger partial charge < -0.3 is 5.32 Å². The number of hydrogen-bond acceptors (Lipinski definition) is 4. The first-order valence-electron chi connectivity index (χ1n) is 8.04. The molecular weight excluding hydrogens is 375 g/mol. The van der Waals surface area contributed by atoms with E-state index in [2.05, 4.69) is 10.0 Å². The van der Waals surface area contributed by atoms with Gasteiger partial charge in [0.05, 0.1) is 4.90 Å². The van der Waals surface area contributed by atoms with Crippen molar-refractivity contribution in [3.05, 3.63) is 59.4 Å². The number of aryl methyl sites for hydroxylation is 1. The maximum Gasteiger partial charge on any atom is 0.251 e. The molecule has 0 heterocycles. The summed E-state index contributed by atoms with van der Waals surface area (Å²) in [6, 6.07) is 10.7. The molecule has 26 heavy (non-hydrogen) atoms. The van der Waals surface area contributed by atoms with E-state index in [1.54, 1.807) is 36.9 Å². The molecule has 0 atom stereocenters. The fourth-order valence-electron chi connectivity index (χ4n) is 2.22. The van der Waals surface area contributed by atoms with Crippen molar-refractivity contribution in [3.63, 3.8) is 0 Å². The molecule has 0 spiro atoms. The first-order chi connectivity index (χ1) is 12.3. The molecule has 0 saturated heterocycles. The van der Waals surface area contributed by atoms with Gasteiger partial charge in [-0.25, -0.2) is 17.5 Å². The van der Waals surface area contributed by atoms with Crippen molar-refractivity contribution >= 4 is 27.7 Å². The van der Waals surface area contributed by atoms with Crippen LogP contribution in [0.5, 0.6) is 0 Å². The van der Waals surface area contributed by atoms with Gasteiger partial charge in [-0.1, -0.05) is 6.07 Å². The Bertz CT molecular complexity index is 869. The second-order valence-electron chi connectivity index (χ2n) is 5.60. The highest BCUT2D eigenvalue weighted by molar-refractivity contribution is 7.99. The van der Waals surface area contributed by atoms with Gasteiger partial charge in [-0.3, -0.25) is 4.79 Å². The number of thioether (sulfide) groups is 1. The van der Waals surface area contributed by atoms with Crippen LogP contribution in [0.15, 0.2) is 52.3 Å². The third-order valence-electron chi connectivity index (χ3n) is 3.72. The Morgan fingerprint density at radius 3 is 2.50 bits per heavy atom. The molecule has 0 bridgehead atoms. The molecule has 0 aliphatic carbocycles. The van der Waals surface area contributed by atoms with Crippen molar-refractivity contribution < 1.29 is 17.6 Å². The van der Waals surface area contributed by atoms with Crippen LogP contribution in [-0.4, -0.2) is 33.7 Å². The molecule has 0 fully saturated rings. The summed E-state index contributed by atoms with van der Waals surface area (Å²) in [5, 5.41) is 2.80. The number of nitrogens with one attached hydrogen (secondary N) is 2. The summed E-state index contributed by atoms with van der Waals surface area (Å²) in [5.74, 6) is 0.209. The summed E-state index contributed by atoms with van der Waals surface area (Å²) in [6.07, 6.45) is 0.737. The molecule has 2 aromatic rings. The number of hydrogen-bond donors (Lipinski definition) is 2. The smallest absolute Gasteiger partial charge is 0.251 e. The molecule has 2 N–H and O–H groups in total. The summed E-state index contributed by atoms with van der Waals surface area (Å²) in [7, 11) is -2.27. The average molecular weight is 397 g/mol. The van der Waals surface area contributed by atoms with Gasteiger partial charge in [0.2, 0.25) is 10.0 Å². The van der Waals surface area contributed by atoms with Crippen LogP contribution >= 0.6 is 11.8 Å². The predicted molar refractivity (Wildman–Crippen MR) is 101 cm³/mol. The SMILES string of the molecule is CNS(=O)(=O)c1ccc(C)c(C(=O)NCCCSc2ccc(F)cc2)c1. The molecule has 8 heteroatoms. The molecule has 1 amide bonds. The van der Waals surface area contributed by atoms with Gasteiger partial charge in [0, 0.05) is 17.0 Å². The zero-order chi connectivity index (χ0) is 19.2. The number of rotatable bonds is 8. The summed E-state index contributed by atoms with van der Waals surface area (Å²) >= 11 is 1.58. The van der Waals surface area contributed by atoms with Crippen molar-refractivity contribution in [1.82, 2.24) is 10.0 Å². The maximum atomic E-state index is 12.8. The third kappa shape index (κ3) is 5.55. The van der Waals surface area contributed by atoms with Crippen LogP contribution in [0, 0.1) is 12.7 Å². The fourth-order valence-corrected chi connectivity index (χ4v) is 3.83. The van der Waals surface area contributed by atoms with E-state index in [1.807, 2.05) is 0 Å². The highest BCUT2D eigenvalue weighted by Gasteiger charge is 2.16. The van der Waals surface area contributed by atoms with Gasteiger partial charge >= 0.3 is 0 Å². The molecule has 0 unspecified atom stereocenters. The lowest BCUT2D eigenvalue weighted by Crippen LogP contribution is -2.26. The van der Waals surface area contributed by atoms with Crippen LogP contribution in [0.3, 0.4) is 0 Å². The molecule has 2 aromatic carbocycles. The monoisotopic (exact) mass is 396 g/mol. The first-order valence-corrected chi connectivity index (χ1v) is 10.5. The maximum absolute atomic E-state index is 12.8. The van der Waals surface area contributed by atoms with Crippen LogP contribution in [0.2, 0.25) is 0 Å². The zero-order valence-corrected chi connectivity index (χ0v) is 16.2. The standard InChI is InChI=1S/C18H21FN2O3S2/c1-13-4-9-16(26(23,24)20-2)12-17(13)18(22)21-10-3-11-25-15-7-5-14(19)6-8-15/h4-9,12,20H,3,10-11H2,1-2H3,(H,21,22). The molecule has 0 aliphatic heterocycles. The zero-order valence-electron chi connectivity index (χ0n) is 14.6. The van der Waals surface area contributed by atoms with E-state index < -0.39 is 10.0 Å². The predicted octanol–water partition coefficient (Wildman–Crippen LogP) is 2.95. The molecule has 5 nitrogen and oxygen atoms in total. The number of halogens is 1. The van der Waals surface area contributed by atoms with Crippen LogP contribution < -0.4 is 10.0 Å². The largest absolute Gasteiger partial charge is 0.352 e. The minimum atomic E-state index is -3.59. The van der Waals surface area contributed by atoms with Crippen molar-refractivity contribution in [1.29, 1.82) is 0 Å². The Morgan fingerprint density at radius 2 is 1.85 bits per heavy atom. The molecule has 0 radical (unpaired) electrons. The van der Waals surface area contributed by atoms with Gasteiger partial charge in [0.15, 0.2) is 0 Å². The molecular formula is C18H21FN2O3S2. The molecule has 0 saturated carbocycles. The van der Waals surface area contributed by atoms with Gasteiger partial charge in [0.1, 0.15) is 5.82 Å². The Hall–Kier alpha value is -1.90. The van der Waals surface area contributed by atoms with Crippen molar-refractivity contribution in [2.24, 2.45) is 0 Å². The lowest BCUT2D eigenvalue weighted by Gasteiger charge is -2.10. The quantitative estimate of drug-likeness (QED) is 0.531. The van der Waals surface area contributed by atoms with E-state index in [9.17, 15) is 17.6 Å².